The van der Waals surface area contributed by atoms with Crippen molar-refractivity contribution in [1.29, 1.82) is 0 Å². The van der Waals surface area contributed by atoms with Gasteiger partial charge in [-0.15, -0.1) is 0 Å². The summed E-state index contributed by atoms with van der Waals surface area (Å²) in [6.07, 6.45) is 5.27. The molecule has 1 aromatic carbocycles. The van der Waals surface area contributed by atoms with Crippen molar-refractivity contribution in [3.05, 3.63) is 30.0 Å². The van der Waals surface area contributed by atoms with Crippen molar-refractivity contribution >= 4 is 26.8 Å². The van der Waals surface area contributed by atoms with E-state index in [0.29, 0.717) is 6.04 Å². The molecule has 1 unspecified atom stereocenters. The van der Waals surface area contributed by atoms with Gasteiger partial charge < -0.3 is 0 Å². The van der Waals surface area contributed by atoms with Gasteiger partial charge in [-0.05, 0) is 38.8 Å². The summed E-state index contributed by atoms with van der Waals surface area (Å²) < 4.78 is 2.13. The molecule has 4 heteroatoms. The van der Waals surface area contributed by atoms with Crippen LogP contribution in [-0.2, 0) is 13.1 Å². The van der Waals surface area contributed by atoms with Gasteiger partial charge in [0.2, 0.25) is 0 Å². The fourth-order valence-electron chi connectivity index (χ4n) is 3.47. The highest BCUT2D eigenvalue weighted by Gasteiger charge is 2.23. The van der Waals surface area contributed by atoms with Crippen molar-refractivity contribution < 1.29 is 0 Å². The number of fused-ring (bicyclic) bond motifs is 1. The lowest BCUT2D eigenvalue weighted by Gasteiger charge is -2.35. The zero-order valence-electron chi connectivity index (χ0n) is 12.8. The fraction of sp³-hybridized carbons (Fsp3) is 0.588. The molecule has 3 nitrogen and oxygen atoms in total. The van der Waals surface area contributed by atoms with Gasteiger partial charge in [-0.25, -0.2) is 0 Å². The van der Waals surface area contributed by atoms with Gasteiger partial charge in [-0.3, -0.25) is 9.58 Å². The van der Waals surface area contributed by atoms with Crippen LogP contribution in [0.25, 0.3) is 10.9 Å². The minimum atomic E-state index is 0.712. The van der Waals surface area contributed by atoms with Crippen LogP contribution in [0, 0.1) is 0 Å². The maximum Gasteiger partial charge on any atom is 0.0843 e. The van der Waals surface area contributed by atoms with Crippen molar-refractivity contribution in [1.82, 2.24) is 14.7 Å². The highest BCUT2D eigenvalue weighted by molar-refractivity contribution is 9.09. The lowest BCUT2D eigenvalue weighted by atomic mass is 9.99. The Morgan fingerprint density at radius 3 is 2.95 bits per heavy atom. The van der Waals surface area contributed by atoms with E-state index < -0.39 is 0 Å². The molecule has 0 N–H and O–H groups in total. The Morgan fingerprint density at radius 1 is 1.29 bits per heavy atom. The number of nitrogens with zero attached hydrogens (tertiary/aromatic N) is 3. The molecule has 1 aromatic heterocycles. The average Bonchev–Trinajstić information content (AvgIpc) is 2.88. The highest BCUT2D eigenvalue weighted by Crippen LogP contribution is 2.25. The van der Waals surface area contributed by atoms with Gasteiger partial charge >= 0.3 is 0 Å². The first-order chi connectivity index (χ1) is 10.3. The van der Waals surface area contributed by atoms with Crippen LogP contribution in [0.15, 0.2) is 24.3 Å². The number of benzene rings is 1. The maximum atomic E-state index is 4.86. The van der Waals surface area contributed by atoms with E-state index in [1.165, 1.54) is 48.8 Å². The highest BCUT2D eigenvalue weighted by atomic mass is 79.9. The van der Waals surface area contributed by atoms with Crippen molar-refractivity contribution in [2.75, 3.05) is 11.9 Å². The number of piperidine rings is 1. The van der Waals surface area contributed by atoms with E-state index in [4.69, 9.17) is 5.10 Å². The van der Waals surface area contributed by atoms with E-state index >= 15 is 0 Å². The van der Waals surface area contributed by atoms with Crippen LogP contribution in [0.2, 0.25) is 0 Å². The normalized spacial score (nSPS) is 20.2. The number of para-hydroxylation sites is 1. The number of alkyl halides is 1. The summed E-state index contributed by atoms with van der Waals surface area (Å²) in [6.45, 7) is 5.30. The summed E-state index contributed by atoms with van der Waals surface area (Å²) in [5, 5.41) is 7.28. The Labute approximate surface area is 135 Å². The van der Waals surface area contributed by atoms with Gasteiger partial charge in [0, 0.05) is 29.8 Å². The molecule has 0 saturated carbocycles. The Bertz CT molecular complexity index is 591. The molecular weight excluding hydrogens is 326 g/mol. The van der Waals surface area contributed by atoms with Crippen LogP contribution < -0.4 is 0 Å². The number of aryl methyl sites for hydroxylation is 1. The molecule has 114 valence electrons. The van der Waals surface area contributed by atoms with Crippen LogP contribution >= 0.6 is 15.9 Å². The van der Waals surface area contributed by atoms with Crippen LogP contribution in [0.3, 0.4) is 0 Å². The lowest BCUT2D eigenvalue weighted by Crippen LogP contribution is -2.39. The smallest absolute Gasteiger partial charge is 0.0843 e. The summed E-state index contributed by atoms with van der Waals surface area (Å²) >= 11 is 3.61. The standard InChI is InChI=1S/C17H24BrN3/c1-2-21-17-9-4-3-8-15(17)16(19-21)13-20-12-6-5-7-14(20)10-11-18/h3-4,8-9,14H,2,5-7,10-13H2,1H3. The third-order valence-corrected chi connectivity index (χ3v) is 5.04. The summed E-state index contributed by atoms with van der Waals surface area (Å²) in [4.78, 5) is 2.64. The Kier molecular flexibility index (Phi) is 4.96. The second kappa shape index (κ2) is 6.93. The molecule has 0 bridgehead atoms. The first-order valence-corrected chi connectivity index (χ1v) is 9.20. The minimum Gasteiger partial charge on any atom is -0.294 e. The molecule has 1 aliphatic rings. The van der Waals surface area contributed by atoms with Gasteiger partial charge in [-0.2, -0.15) is 5.10 Å². The van der Waals surface area contributed by atoms with E-state index in [1.807, 2.05) is 0 Å². The van der Waals surface area contributed by atoms with E-state index in [-0.39, 0.29) is 0 Å². The molecule has 0 aliphatic carbocycles. The monoisotopic (exact) mass is 349 g/mol. The largest absolute Gasteiger partial charge is 0.294 e. The van der Waals surface area contributed by atoms with Gasteiger partial charge in [0.25, 0.3) is 0 Å². The van der Waals surface area contributed by atoms with Gasteiger partial charge in [-0.1, -0.05) is 40.5 Å². The number of rotatable bonds is 5. The molecule has 1 fully saturated rings. The van der Waals surface area contributed by atoms with Gasteiger partial charge in [0.15, 0.2) is 0 Å². The SMILES string of the molecule is CCn1nc(CN2CCCCC2CCBr)c2ccccc21. The quantitative estimate of drug-likeness (QED) is 0.754. The van der Waals surface area contributed by atoms with Crippen molar-refractivity contribution in [2.24, 2.45) is 0 Å². The van der Waals surface area contributed by atoms with Crippen LogP contribution in [-0.4, -0.2) is 32.6 Å². The summed E-state index contributed by atoms with van der Waals surface area (Å²) in [7, 11) is 0. The predicted octanol–water partition coefficient (Wildman–Crippen LogP) is 4.20. The summed E-state index contributed by atoms with van der Waals surface area (Å²) in [6, 6.07) is 9.34. The second-order valence-corrected chi connectivity index (χ2v) is 6.67. The van der Waals surface area contributed by atoms with E-state index in [1.54, 1.807) is 0 Å². The molecule has 1 saturated heterocycles. The third kappa shape index (κ3) is 3.16. The molecule has 2 aromatic rings. The molecule has 0 spiro atoms. The molecule has 2 heterocycles. The molecule has 1 atom stereocenters. The first kappa shape index (κ1) is 15.0. The van der Waals surface area contributed by atoms with Gasteiger partial charge in [0.1, 0.15) is 0 Å². The maximum absolute atomic E-state index is 4.86. The summed E-state index contributed by atoms with van der Waals surface area (Å²) in [5.74, 6) is 0. The molecule has 1 aliphatic heterocycles. The number of halogens is 1. The zero-order chi connectivity index (χ0) is 14.7. The zero-order valence-corrected chi connectivity index (χ0v) is 14.3. The van der Waals surface area contributed by atoms with Crippen molar-refractivity contribution in [2.45, 2.75) is 51.7 Å². The Hall–Kier alpha value is -0.870. The number of hydrogen-bond donors (Lipinski definition) is 0. The van der Waals surface area contributed by atoms with E-state index in [0.717, 1.165) is 18.4 Å². The molecule has 3 rings (SSSR count). The number of aromatic nitrogens is 2. The number of likely N-dealkylation sites (tertiary alicyclic amines) is 1. The first-order valence-electron chi connectivity index (χ1n) is 8.08. The average molecular weight is 350 g/mol. The van der Waals surface area contributed by atoms with Crippen LogP contribution in [0.4, 0.5) is 0 Å². The molecule has 0 radical (unpaired) electrons. The lowest BCUT2D eigenvalue weighted by molar-refractivity contribution is 0.136. The second-order valence-electron chi connectivity index (χ2n) is 5.88. The van der Waals surface area contributed by atoms with Crippen molar-refractivity contribution in [3.8, 4) is 0 Å². The van der Waals surface area contributed by atoms with E-state index in [2.05, 4.69) is 56.7 Å². The number of hydrogen-bond acceptors (Lipinski definition) is 2. The van der Waals surface area contributed by atoms with Crippen LogP contribution in [0.5, 0.6) is 0 Å². The summed E-state index contributed by atoms with van der Waals surface area (Å²) in [5.41, 5.74) is 2.51. The van der Waals surface area contributed by atoms with Crippen molar-refractivity contribution in [3.63, 3.8) is 0 Å². The Balaban J connectivity index is 1.86. The molecule has 0 amide bonds. The minimum absolute atomic E-state index is 0.712. The fourth-order valence-corrected chi connectivity index (χ4v) is 4.00. The van der Waals surface area contributed by atoms with Crippen LogP contribution in [0.1, 0.15) is 38.3 Å². The topological polar surface area (TPSA) is 21.1 Å². The Morgan fingerprint density at radius 2 is 2.14 bits per heavy atom. The van der Waals surface area contributed by atoms with Gasteiger partial charge in [0.05, 0.1) is 11.2 Å². The van der Waals surface area contributed by atoms with E-state index in [9.17, 15) is 0 Å². The predicted molar refractivity (Wildman–Crippen MR) is 91.9 cm³/mol. The molecular formula is C17H24BrN3. The molecule has 21 heavy (non-hydrogen) atoms. The third-order valence-electron chi connectivity index (χ3n) is 4.58.